The van der Waals surface area contributed by atoms with Crippen LogP contribution >= 0.6 is 11.8 Å². The van der Waals surface area contributed by atoms with Gasteiger partial charge in [-0.05, 0) is 42.8 Å². The maximum Gasteiger partial charge on any atom is 0.228 e. The predicted octanol–water partition coefficient (Wildman–Crippen LogP) is 1.07. The summed E-state index contributed by atoms with van der Waals surface area (Å²) in [5.74, 6) is 0.673. The van der Waals surface area contributed by atoms with Crippen LogP contribution < -0.4 is 10.8 Å². The number of rotatable bonds is 4. The summed E-state index contributed by atoms with van der Waals surface area (Å²) in [7, 11) is 5.77. The van der Waals surface area contributed by atoms with Gasteiger partial charge >= 0.3 is 0 Å². The number of carbonyl (C=O) groups excluding carboxylic acids is 1. The van der Waals surface area contributed by atoms with Gasteiger partial charge in [0, 0.05) is 12.1 Å². The van der Waals surface area contributed by atoms with Gasteiger partial charge in [0.05, 0.1) is 6.20 Å². The standard InChI is InChI=1S/C16H12BN7OS/c17-10-5-6-23-13(7-10)20-21-16(23)26-14-4-3-12-18-11(8-24(12)22-14)19-15(25)9-1-2-9/h3-9H,1-2H2,(H,19,25). The average molecular weight is 361 g/mol. The highest BCUT2D eigenvalue weighted by molar-refractivity contribution is 7.99. The van der Waals surface area contributed by atoms with Gasteiger partial charge in [-0.2, -0.15) is 5.10 Å². The number of nitrogens with zero attached hydrogens (tertiary/aromatic N) is 6. The lowest BCUT2D eigenvalue weighted by molar-refractivity contribution is -0.117. The molecule has 4 aromatic rings. The fourth-order valence-corrected chi connectivity index (χ4v) is 3.39. The molecule has 1 N–H and O–H groups in total. The number of hydrogen-bond acceptors (Lipinski definition) is 6. The van der Waals surface area contributed by atoms with Crippen molar-refractivity contribution in [3.63, 3.8) is 0 Å². The molecule has 4 aromatic heterocycles. The van der Waals surface area contributed by atoms with Gasteiger partial charge in [-0.3, -0.25) is 9.20 Å². The topological polar surface area (TPSA) is 89.5 Å². The van der Waals surface area contributed by atoms with Crippen LogP contribution in [0.2, 0.25) is 0 Å². The lowest BCUT2D eigenvalue weighted by atomic mass is 9.98. The van der Waals surface area contributed by atoms with E-state index in [0.717, 1.165) is 17.9 Å². The Morgan fingerprint density at radius 3 is 2.96 bits per heavy atom. The Hall–Kier alpha value is -2.88. The molecule has 126 valence electrons. The molecule has 0 aliphatic heterocycles. The molecule has 0 atom stereocenters. The van der Waals surface area contributed by atoms with E-state index in [0.29, 0.717) is 27.7 Å². The number of amides is 1. The number of hydrogen-bond donors (Lipinski definition) is 1. The van der Waals surface area contributed by atoms with Crippen LogP contribution in [0.1, 0.15) is 12.8 Å². The van der Waals surface area contributed by atoms with Crippen LogP contribution in [0.25, 0.3) is 11.3 Å². The van der Waals surface area contributed by atoms with Crippen LogP contribution in [0.4, 0.5) is 5.82 Å². The molecule has 10 heteroatoms. The normalized spacial score (nSPS) is 14.2. The van der Waals surface area contributed by atoms with E-state index in [1.54, 1.807) is 22.8 Å². The zero-order chi connectivity index (χ0) is 17.7. The van der Waals surface area contributed by atoms with Gasteiger partial charge in [0.1, 0.15) is 12.9 Å². The number of aromatic nitrogens is 6. The summed E-state index contributed by atoms with van der Waals surface area (Å²) in [6.07, 6.45) is 5.45. The van der Waals surface area contributed by atoms with E-state index in [9.17, 15) is 4.79 Å². The molecule has 0 spiro atoms. The number of carbonyl (C=O) groups is 1. The van der Waals surface area contributed by atoms with E-state index in [4.69, 9.17) is 7.85 Å². The monoisotopic (exact) mass is 361 g/mol. The molecule has 0 unspecified atom stereocenters. The summed E-state index contributed by atoms with van der Waals surface area (Å²) in [5, 5.41) is 17.1. The Morgan fingerprint density at radius 2 is 2.12 bits per heavy atom. The fraction of sp³-hybridized carbons (Fsp3) is 0.188. The number of pyridine rings is 1. The van der Waals surface area contributed by atoms with Crippen molar-refractivity contribution in [3.05, 3.63) is 36.7 Å². The first-order chi connectivity index (χ1) is 12.7. The largest absolute Gasteiger partial charge is 0.309 e. The van der Waals surface area contributed by atoms with Gasteiger partial charge in [0.15, 0.2) is 17.1 Å². The van der Waals surface area contributed by atoms with Gasteiger partial charge in [-0.1, -0.05) is 11.5 Å². The van der Waals surface area contributed by atoms with Crippen molar-refractivity contribution in [1.29, 1.82) is 0 Å². The molecule has 1 aliphatic rings. The first-order valence-corrected chi connectivity index (χ1v) is 8.93. The van der Waals surface area contributed by atoms with Crippen LogP contribution in [-0.2, 0) is 4.79 Å². The molecular formula is C16H12BN7OS. The minimum absolute atomic E-state index is 0.0252. The third kappa shape index (κ3) is 2.82. The molecule has 0 saturated heterocycles. The van der Waals surface area contributed by atoms with Crippen LogP contribution in [0.5, 0.6) is 0 Å². The van der Waals surface area contributed by atoms with Gasteiger partial charge in [-0.15, -0.1) is 10.2 Å². The first-order valence-electron chi connectivity index (χ1n) is 8.11. The molecule has 2 radical (unpaired) electrons. The molecule has 4 heterocycles. The van der Waals surface area contributed by atoms with Gasteiger partial charge in [0.2, 0.25) is 11.1 Å². The number of fused-ring (bicyclic) bond motifs is 2. The highest BCUT2D eigenvalue weighted by Crippen LogP contribution is 2.30. The van der Waals surface area contributed by atoms with Crippen molar-refractivity contribution in [2.75, 3.05) is 5.32 Å². The van der Waals surface area contributed by atoms with Crippen LogP contribution in [-0.4, -0.2) is 42.9 Å². The molecule has 0 bridgehead atoms. The lowest BCUT2D eigenvalue weighted by Crippen LogP contribution is -2.13. The minimum atomic E-state index is 0.0252. The zero-order valence-electron chi connectivity index (χ0n) is 13.5. The van der Waals surface area contributed by atoms with E-state index in [-0.39, 0.29) is 11.8 Å². The maximum atomic E-state index is 11.9. The summed E-state index contributed by atoms with van der Waals surface area (Å²) in [6.45, 7) is 0. The Morgan fingerprint density at radius 1 is 1.23 bits per heavy atom. The van der Waals surface area contributed by atoms with E-state index < -0.39 is 0 Å². The highest BCUT2D eigenvalue weighted by atomic mass is 32.2. The molecule has 8 nitrogen and oxygen atoms in total. The third-order valence-corrected chi connectivity index (χ3v) is 4.98. The second kappa shape index (κ2) is 5.84. The highest BCUT2D eigenvalue weighted by Gasteiger charge is 2.30. The smallest absolute Gasteiger partial charge is 0.228 e. The summed E-state index contributed by atoms with van der Waals surface area (Å²) >= 11 is 1.38. The van der Waals surface area contributed by atoms with Gasteiger partial charge < -0.3 is 5.32 Å². The summed E-state index contributed by atoms with van der Waals surface area (Å²) in [6, 6.07) is 7.27. The van der Waals surface area contributed by atoms with Crippen molar-refractivity contribution < 1.29 is 4.79 Å². The Labute approximate surface area is 153 Å². The molecule has 0 aromatic carbocycles. The molecule has 26 heavy (non-hydrogen) atoms. The third-order valence-electron chi connectivity index (χ3n) is 4.09. The number of nitrogens with one attached hydrogen (secondary N) is 1. The SMILES string of the molecule is [B]c1ccn2c(Sc3ccc4nc(NC(=O)C5CC5)cn4n3)nnc2c1. The quantitative estimate of drug-likeness (QED) is 0.547. The molecular weight excluding hydrogens is 349 g/mol. The van der Waals surface area contributed by atoms with E-state index in [1.165, 1.54) is 11.8 Å². The van der Waals surface area contributed by atoms with Crippen LogP contribution in [0.3, 0.4) is 0 Å². The first kappa shape index (κ1) is 15.4. The van der Waals surface area contributed by atoms with Crippen molar-refractivity contribution in [2.45, 2.75) is 23.0 Å². The van der Waals surface area contributed by atoms with Gasteiger partial charge in [-0.25, -0.2) is 9.50 Å². The van der Waals surface area contributed by atoms with Crippen molar-refractivity contribution in [1.82, 2.24) is 29.2 Å². The fourth-order valence-electron chi connectivity index (χ4n) is 2.60. The lowest BCUT2D eigenvalue weighted by Gasteiger charge is -2.00. The summed E-state index contributed by atoms with van der Waals surface area (Å²) < 4.78 is 3.49. The molecule has 1 aliphatic carbocycles. The van der Waals surface area contributed by atoms with E-state index in [2.05, 4.69) is 25.6 Å². The predicted molar refractivity (Wildman–Crippen MR) is 96.8 cm³/mol. The number of imidazole rings is 1. The van der Waals surface area contributed by atoms with Gasteiger partial charge in [0.25, 0.3) is 0 Å². The zero-order valence-corrected chi connectivity index (χ0v) is 14.3. The summed E-state index contributed by atoms with van der Waals surface area (Å²) in [5.41, 5.74) is 1.99. The van der Waals surface area contributed by atoms with E-state index in [1.807, 2.05) is 22.7 Å². The second-order valence-electron chi connectivity index (χ2n) is 6.14. The minimum Gasteiger partial charge on any atom is -0.309 e. The van der Waals surface area contributed by atoms with Crippen LogP contribution in [0, 0.1) is 5.92 Å². The molecule has 1 fully saturated rings. The van der Waals surface area contributed by atoms with Crippen molar-refractivity contribution >= 4 is 48.1 Å². The maximum absolute atomic E-state index is 11.9. The average Bonchev–Trinajstić information content (AvgIpc) is 3.30. The summed E-state index contributed by atoms with van der Waals surface area (Å²) in [4.78, 5) is 16.2. The van der Waals surface area contributed by atoms with Crippen molar-refractivity contribution in [3.8, 4) is 0 Å². The Bertz CT molecular complexity index is 1150. The number of anilines is 1. The molecule has 5 rings (SSSR count). The Kier molecular flexibility index (Phi) is 3.45. The second-order valence-corrected chi connectivity index (χ2v) is 7.12. The Balaban J connectivity index is 1.42. The van der Waals surface area contributed by atoms with E-state index >= 15 is 0 Å². The molecule has 1 saturated carbocycles. The van der Waals surface area contributed by atoms with Crippen molar-refractivity contribution in [2.24, 2.45) is 5.92 Å². The van der Waals surface area contributed by atoms with Crippen LogP contribution in [0.15, 0.2) is 46.8 Å². The molecule has 1 amide bonds.